The van der Waals surface area contributed by atoms with Crippen LogP contribution in [0.25, 0.3) is 0 Å². The predicted molar refractivity (Wildman–Crippen MR) is 115 cm³/mol. The van der Waals surface area contributed by atoms with Gasteiger partial charge >= 0.3 is 5.97 Å². The normalized spacial score (nSPS) is 19.2. The number of ether oxygens (including phenoxy) is 1. The molecule has 0 aromatic heterocycles. The number of benzene rings is 2. The van der Waals surface area contributed by atoms with Gasteiger partial charge in [-0.3, -0.25) is 9.59 Å². The molecular weight excluding hydrogens is 420 g/mol. The second kappa shape index (κ2) is 9.17. The molecule has 31 heavy (non-hydrogen) atoms. The third-order valence-corrected chi connectivity index (χ3v) is 7.32. The molecule has 1 saturated heterocycles. The van der Waals surface area contributed by atoms with Crippen LogP contribution in [0, 0.1) is 13.8 Å². The van der Waals surface area contributed by atoms with Crippen LogP contribution >= 0.6 is 0 Å². The molecule has 2 aromatic carbocycles. The van der Waals surface area contributed by atoms with Crippen LogP contribution in [0.4, 0.5) is 5.69 Å². The van der Waals surface area contributed by atoms with Crippen LogP contribution in [-0.4, -0.2) is 62.1 Å². The number of sulfonamides is 1. The van der Waals surface area contributed by atoms with Gasteiger partial charge in [0, 0.05) is 25.7 Å². The highest BCUT2D eigenvalue weighted by molar-refractivity contribution is 7.89. The van der Waals surface area contributed by atoms with E-state index in [1.54, 1.807) is 44.3 Å². The van der Waals surface area contributed by atoms with Crippen molar-refractivity contribution in [1.82, 2.24) is 4.31 Å². The van der Waals surface area contributed by atoms with Gasteiger partial charge in [-0.15, -0.1) is 0 Å². The van der Waals surface area contributed by atoms with Gasteiger partial charge in [-0.25, -0.2) is 8.42 Å². The number of anilines is 1. The highest BCUT2D eigenvalue weighted by Crippen LogP contribution is 2.28. The summed E-state index contributed by atoms with van der Waals surface area (Å²) in [6.07, 6.45) is -1.09. The number of β-amino-alcohol motifs (C(OH)–C–C–N with tert-alkyl or cyclic N) is 1. The number of aryl methyl sites for hydroxylation is 2. The van der Waals surface area contributed by atoms with Crippen molar-refractivity contribution in [2.24, 2.45) is 0 Å². The highest BCUT2D eigenvalue weighted by Gasteiger charge is 2.44. The minimum absolute atomic E-state index is 0.0439. The Balaban J connectivity index is 1.72. The summed E-state index contributed by atoms with van der Waals surface area (Å²) in [5.74, 6) is -1.32. The molecule has 9 heteroatoms. The molecule has 1 fully saturated rings. The fourth-order valence-electron chi connectivity index (χ4n) is 3.40. The second-order valence-corrected chi connectivity index (χ2v) is 9.51. The van der Waals surface area contributed by atoms with Crippen LogP contribution in [-0.2, 0) is 24.3 Å². The minimum atomic E-state index is -4.03. The number of aliphatic hydroxyl groups excluding tert-OH is 1. The summed E-state index contributed by atoms with van der Waals surface area (Å²) in [7, 11) is -2.47. The van der Waals surface area contributed by atoms with E-state index in [0.29, 0.717) is 5.69 Å². The van der Waals surface area contributed by atoms with Crippen LogP contribution in [0.15, 0.2) is 53.4 Å². The number of carbonyl (C=O) groups is 2. The topological polar surface area (TPSA) is 104 Å². The Morgan fingerprint density at radius 2 is 1.81 bits per heavy atom. The van der Waals surface area contributed by atoms with Crippen molar-refractivity contribution in [2.75, 3.05) is 25.1 Å². The number of nitrogens with zero attached hydrogens (tertiary/aromatic N) is 2. The lowest BCUT2D eigenvalue weighted by Crippen LogP contribution is -2.42. The Bertz CT molecular complexity index is 1070. The Morgan fingerprint density at radius 3 is 2.45 bits per heavy atom. The number of rotatable bonds is 6. The first-order chi connectivity index (χ1) is 14.6. The molecular formula is C22H26N2O6S. The zero-order valence-electron chi connectivity index (χ0n) is 17.7. The molecule has 1 N–H and O–H groups in total. The summed E-state index contributed by atoms with van der Waals surface area (Å²) >= 11 is 0. The van der Waals surface area contributed by atoms with Gasteiger partial charge in [0.1, 0.15) is 6.04 Å². The molecule has 0 saturated carbocycles. The van der Waals surface area contributed by atoms with Crippen LogP contribution < -0.4 is 4.90 Å². The SMILES string of the molecule is Cc1ccc(S(=O)(=O)N2CC(O)C[C@H]2C(=O)OCC(=O)N(C)c2ccccc2)cc1C. The van der Waals surface area contributed by atoms with Gasteiger partial charge in [-0.05, 0) is 49.2 Å². The lowest BCUT2D eigenvalue weighted by atomic mass is 10.1. The Morgan fingerprint density at radius 1 is 1.13 bits per heavy atom. The average molecular weight is 447 g/mol. The van der Waals surface area contributed by atoms with E-state index in [1.807, 2.05) is 13.0 Å². The van der Waals surface area contributed by atoms with Gasteiger partial charge in [0.2, 0.25) is 10.0 Å². The second-order valence-electron chi connectivity index (χ2n) is 7.62. The number of carbonyl (C=O) groups excluding carboxylic acids is 2. The minimum Gasteiger partial charge on any atom is -0.454 e. The summed E-state index contributed by atoms with van der Waals surface area (Å²) in [6, 6.07) is 12.4. The maximum absolute atomic E-state index is 13.1. The molecule has 0 bridgehead atoms. The van der Waals surface area contributed by atoms with Gasteiger partial charge in [0.15, 0.2) is 6.61 Å². The molecule has 2 aromatic rings. The number of hydrogen-bond acceptors (Lipinski definition) is 6. The largest absolute Gasteiger partial charge is 0.454 e. The van der Waals surface area contributed by atoms with Crippen LogP contribution in [0.1, 0.15) is 17.5 Å². The summed E-state index contributed by atoms with van der Waals surface area (Å²) in [6.45, 7) is 2.92. The molecule has 8 nitrogen and oxygen atoms in total. The van der Waals surface area contributed by atoms with Crippen molar-refractivity contribution in [3.05, 3.63) is 59.7 Å². The van der Waals surface area contributed by atoms with Crippen LogP contribution in [0.2, 0.25) is 0 Å². The third kappa shape index (κ3) is 4.95. The Hall–Kier alpha value is -2.75. The fourth-order valence-corrected chi connectivity index (χ4v) is 5.11. The molecule has 1 unspecified atom stereocenters. The van der Waals surface area contributed by atoms with Gasteiger partial charge in [0.25, 0.3) is 5.91 Å². The van der Waals surface area contributed by atoms with E-state index in [1.165, 1.54) is 17.0 Å². The molecule has 0 spiro atoms. The summed E-state index contributed by atoms with van der Waals surface area (Å²) < 4.78 is 32.3. The monoisotopic (exact) mass is 446 g/mol. The lowest BCUT2D eigenvalue weighted by Gasteiger charge is -2.23. The molecule has 0 radical (unpaired) electrons. The van der Waals surface area contributed by atoms with Crippen molar-refractivity contribution in [2.45, 2.75) is 37.3 Å². The van der Waals surface area contributed by atoms with Crippen LogP contribution in [0.3, 0.4) is 0 Å². The first-order valence-corrected chi connectivity index (χ1v) is 11.3. The zero-order valence-corrected chi connectivity index (χ0v) is 18.5. The fraction of sp³-hybridized carbons (Fsp3) is 0.364. The first-order valence-electron chi connectivity index (χ1n) is 9.86. The summed E-state index contributed by atoms with van der Waals surface area (Å²) in [4.78, 5) is 26.4. The van der Waals surface area contributed by atoms with Crippen molar-refractivity contribution < 1.29 is 27.9 Å². The van der Waals surface area contributed by atoms with E-state index in [9.17, 15) is 23.1 Å². The van der Waals surface area contributed by atoms with Gasteiger partial charge < -0.3 is 14.7 Å². The van der Waals surface area contributed by atoms with E-state index < -0.39 is 40.7 Å². The average Bonchev–Trinajstić information content (AvgIpc) is 3.16. The maximum Gasteiger partial charge on any atom is 0.325 e. The molecule has 1 aliphatic heterocycles. The summed E-state index contributed by atoms with van der Waals surface area (Å²) in [5, 5.41) is 10.1. The number of para-hydroxylation sites is 1. The van der Waals surface area contributed by atoms with Crippen molar-refractivity contribution in [3.63, 3.8) is 0 Å². The first kappa shape index (κ1) is 22.9. The maximum atomic E-state index is 13.1. The van der Waals surface area contributed by atoms with Crippen LogP contribution in [0.5, 0.6) is 0 Å². The third-order valence-electron chi connectivity index (χ3n) is 5.45. The highest BCUT2D eigenvalue weighted by atomic mass is 32.2. The van der Waals surface area contributed by atoms with Crippen molar-refractivity contribution in [3.8, 4) is 0 Å². The van der Waals surface area contributed by atoms with Crippen molar-refractivity contribution in [1.29, 1.82) is 0 Å². The quantitative estimate of drug-likeness (QED) is 0.677. The molecule has 166 valence electrons. The smallest absolute Gasteiger partial charge is 0.325 e. The number of hydrogen-bond donors (Lipinski definition) is 1. The summed E-state index contributed by atoms with van der Waals surface area (Å²) in [5.41, 5.74) is 2.38. The lowest BCUT2D eigenvalue weighted by molar-refractivity contribution is -0.151. The van der Waals surface area contributed by atoms with Gasteiger partial charge in [-0.2, -0.15) is 4.31 Å². The number of likely N-dealkylation sites (N-methyl/N-ethyl adjacent to an activating group) is 1. The number of amides is 1. The van der Waals surface area contributed by atoms with E-state index >= 15 is 0 Å². The molecule has 0 aliphatic carbocycles. The molecule has 1 aliphatic rings. The molecule has 1 amide bonds. The van der Waals surface area contributed by atoms with E-state index in [0.717, 1.165) is 15.4 Å². The Kier molecular flexibility index (Phi) is 6.78. The predicted octanol–water partition coefficient (Wildman–Crippen LogP) is 1.63. The zero-order chi connectivity index (χ0) is 22.8. The van der Waals surface area contributed by atoms with E-state index in [4.69, 9.17) is 4.74 Å². The van der Waals surface area contributed by atoms with Gasteiger partial charge in [0.05, 0.1) is 11.0 Å². The Labute approximate surface area is 182 Å². The van der Waals surface area contributed by atoms with E-state index in [2.05, 4.69) is 0 Å². The molecule has 3 rings (SSSR count). The molecule has 1 heterocycles. The van der Waals surface area contributed by atoms with Gasteiger partial charge in [-0.1, -0.05) is 24.3 Å². The molecule has 2 atom stereocenters. The number of aliphatic hydroxyl groups is 1. The standard InChI is InChI=1S/C22H26N2O6S/c1-15-9-10-19(11-16(15)2)31(28,29)24-13-18(25)12-20(24)22(27)30-14-21(26)23(3)17-7-5-4-6-8-17/h4-11,18,20,25H,12-14H2,1-3H3/t18?,20-/m0/s1. The number of esters is 1. The van der Waals surface area contributed by atoms with E-state index in [-0.39, 0.29) is 17.9 Å². The van der Waals surface area contributed by atoms with Crippen molar-refractivity contribution >= 4 is 27.6 Å².